The van der Waals surface area contributed by atoms with Crippen molar-refractivity contribution in [2.45, 2.75) is 131 Å². The Balaban J connectivity index is 5.42. The van der Waals surface area contributed by atoms with Crippen LogP contribution in [0.15, 0.2) is 0 Å². The molecule has 0 radical (unpaired) electrons. The maximum Gasteiger partial charge on any atom is 0.326 e. The number of nitrogens with one attached hydrogen (secondary N) is 8. The monoisotopic (exact) mass is 829 g/mol. The quantitative estimate of drug-likeness (QED) is 0.0474. The van der Waals surface area contributed by atoms with Crippen LogP contribution in [0.1, 0.15) is 89.0 Å². The Labute approximate surface area is 341 Å². The topological polar surface area (TPSA) is 296 Å². The summed E-state index contributed by atoms with van der Waals surface area (Å²) in [5, 5.41) is 29.2. The lowest BCUT2D eigenvalue weighted by molar-refractivity contribution is -0.143. The van der Waals surface area contributed by atoms with Crippen LogP contribution in [0.5, 0.6) is 0 Å². The van der Waals surface area contributed by atoms with Gasteiger partial charge in [0.1, 0.15) is 36.3 Å². The largest absolute Gasteiger partial charge is 0.480 e. The number of rotatable bonds is 25. The van der Waals surface area contributed by atoms with Gasteiger partial charge in [0.25, 0.3) is 0 Å². The van der Waals surface area contributed by atoms with Gasteiger partial charge in [0, 0.05) is 5.75 Å². The van der Waals surface area contributed by atoms with Gasteiger partial charge < -0.3 is 53.4 Å². The van der Waals surface area contributed by atoms with Gasteiger partial charge in [-0.25, -0.2) is 4.79 Å². The third kappa shape index (κ3) is 20.0. The fraction of sp³-hybridized carbons (Fsp3) is 0.757. The molecule has 0 aliphatic heterocycles. The first-order valence-electron chi connectivity index (χ1n) is 19.3. The Morgan fingerprint density at radius 2 is 0.912 bits per heavy atom. The van der Waals surface area contributed by atoms with Crippen molar-refractivity contribution in [1.82, 2.24) is 42.5 Å². The summed E-state index contributed by atoms with van der Waals surface area (Å²) in [6, 6.07) is -7.55. The summed E-state index contributed by atoms with van der Waals surface area (Å²) in [4.78, 5) is 115. The van der Waals surface area contributed by atoms with Crippen LogP contribution < -0.4 is 48.3 Å². The van der Waals surface area contributed by atoms with E-state index in [1.807, 2.05) is 27.7 Å². The van der Waals surface area contributed by atoms with Gasteiger partial charge in [-0.15, -0.1) is 0 Å². The number of aliphatic carboxylic acids is 1. The molecule has 0 aliphatic carbocycles. The minimum Gasteiger partial charge on any atom is -0.480 e. The highest BCUT2D eigenvalue weighted by molar-refractivity contribution is 7.80. The maximum atomic E-state index is 13.3. The van der Waals surface area contributed by atoms with Crippen LogP contribution >= 0.6 is 12.6 Å². The highest BCUT2D eigenvalue weighted by atomic mass is 32.1. The Bertz CT molecular complexity index is 1410. The van der Waals surface area contributed by atoms with Gasteiger partial charge in [0.2, 0.25) is 47.3 Å². The SMILES string of the molecule is CC(C)C[C@H](NC(=O)[C@H](CC(C)C)NC(=O)[C@@H](N)C(C)C)C(=O)NCC(=O)N[C@@H](C)C(=O)N[C@H](C(=O)N[C@@H](CS)C(=O)NCC(=O)N[C@H](C(=O)O)C(C)C)C(C)C. The van der Waals surface area contributed by atoms with Gasteiger partial charge in [0.05, 0.1) is 19.1 Å². The van der Waals surface area contributed by atoms with Crippen molar-refractivity contribution in [2.24, 2.45) is 35.3 Å². The van der Waals surface area contributed by atoms with E-state index < -0.39 is 120 Å². The van der Waals surface area contributed by atoms with E-state index in [0.717, 1.165) is 0 Å². The minimum atomic E-state index is -1.23. The number of hydrogen-bond donors (Lipinski definition) is 11. The predicted octanol–water partition coefficient (Wildman–Crippen LogP) is -1.45. The average molecular weight is 830 g/mol. The highest BCUT2D eigenvalue weighted by Gasteiger charge is 2.32. The standard InChI is InChI=1S/C37H67N9O10S/c1-17(2)12-23(42-34(52)24(13-18(3)4)43-35(53)28(38)19(5)6)32(50)39-14-26(47)41-22(11)31(49)46-29(20(7)8)36(54)44-25(16-57)33(51)40-15-27(48)45-30(21(9)10)37(55)56/h17-25,28-30,57H,12-16,38H2,1-11H3,(H,39,50)(H,40,51)(H,41,47)(H,42,52)(H,43,53)(H,44,54)(H,45,48)(H,46,49)(H,55,56)/t22-,23-,24-,25-,28-,29-,30-/m0/s1. The lowest BCUT2D eigenvalue weighted by Gasteiger charge is -2.27. The van der Waals surface area contributed by atoms with Crippen LogP contribution in [0.4, 0.5) is 0 Å². The molecular formula is C37H67N9O10S. The van der Waals surface area contributed by atoms with Gasteiger partial charge in [0.15, 0.2) is 0 Å². The van der Waals surface area contributed by atoms with Crippen LogP contribution in [0, 0.1) is 29.6 Å². The molecule has 7 atom stereocenters. The number of carboxylic acids is 1. The zero-order chi connectivity index (χ0) is 44.3. The van der Waals surface area contributed by atoms with Crippen LogP contribution in [0.3, 0.4) is 0 Å². The molecule has 0 rings (SSSR count). The molecule has 0 aromatic rings. The molecule has 20 heteroatoms. The lowest BCUT2D eigenvalue weighted by Crippen LogP contribution is -2.59. The smallest absolute Gasteiger partial charge is 0.326 e. The summed E-state index contributed by atoms with van der Waals surface area (Å²) in [5.74, 6) is -7.95. The van der Waals surface area contributed by atoms with Gasteiger partial charge >= 0.3 is 5.97 Å². The van der Waals surface area contributed by atoms with E-state index in [1.165, 1.54) is 6.92 Å². The molecule has 11 N–H and O–H groups in total. The van der Waals surface area contributed by atoms with Gasteiger partial charge in [-0.05, 0) is 49.4 Å². The molecule has 0 spiro atoms. The van der Waals surface area contributed by atoms with Gasteiger partial charge in [-0.1, -0.05) is 69.2 Å². The summed E-state index contributed by atoms with van der Waals surface area (Å²) >= 11 is 4.11. The van der Waals surface area contributed by atoms with Crippen LogP contribution in [-0.2, 0) is 43.2 Å². The van der Waals surface area contributed by atoms with Crippen molar-refractivity contribution >= 4 is 65.9 Å². The molecular weight excluding hydrogens is 763 g/mol. The molecule has 326 valence electrons. The second kappa shape index (κ2) is 25.7. The van der Waals surface area contributed by atoms with Crippen molar-refractivity contribution in [1.29, 1.82) is 0 Å². The van der Waals surface area contributed by atoms with E-state index in [4.69, 9.17) is 5.73 Å². The van der Waals surface area contributed by atoms with Crippen LogP contribution in [0.2, 0.25) is 0 Å². The van der Waals surface area contributed by atoms with Crippen molar-refractivity contribution in [2.75, 3.05) is 18.8 Å². The number of hydrogen-bond acceptors (Lipinski definition) is 11. The fourth-order valence-corrected chi connectivity index (χ4v) is 5.45. The minimum absolute atomic E-state index is 0.0246. The number of carbonyl (C=O) groups is 9. The second-order valence-electron chi connectivity index (χ2n) is 16.0. The fourth-order valence-electron chi connectivity index (χ4n) is 5.19. The van der Waals surface area contributed by atoms with Gasteiger partial charge in [-0.2, -0.15) is 12.6 Å². The first-order chi connectivity index (χ1) is 26.3. The zero-order valence-electron chi connectivity index (χ0n) is 35.1. The Morgan fingerprint density at radius 3 is 1.33 bits per heavy atom. The highest BCUT2D eigenvalue weighted by Crippen LogP contribution is 2.10. The lowest BCUT2D eigenvalue weighted by atomic mass is 9.99. The molecule has 0 aromatic heterocycles. The first-order valence-corrected chi connectivity index (χ1v) is 19.9. The number of carbonyl (C=O) groups excluding carboxylic acids is 8. The Kier molecular flexibility index (Phi) is 23.7. The van der Waals surface area contributed by atoms with E-state index in [-0.39, 0.29) is 29.9 Å². The third-order valence-electron chi connectivity index (χ3n) is 8.63. The van der Waals surface area contributed by atoms with E-state index in [1.54, 1.807) is 41.5 Å². The summed E-state index contributed by atoms with van der Waals surface area (Å²) in [6.07, 6.45) is 0.517. The number of thiol groups is 1. The first kappa shape index (κ1) is 52.5. The summed E-state index contributed by atoms with van der Waals surface area (Å²) in [5.41, 5.74) is 5.97. The molecule has 0 bridgehead atoms. The van der Waals surface area contributed by atoms with Crippen LogP contribution in [0.25, 0.3) is 0 Å². The molecule has 57 heavy (non-hydrogen) atoms. The number of amides is 8. The van der Waals surface area contributed by atoms with Crippen molar-refractivity contribution in [3.8, 4) is 0 Å². The van der Waals surface area contributed by atoms with E-state index >= 15 is 0 Å². The molecule has 0 unspecified atom stereocenters. The Hall–Kier alpha value is -4.46. The molecule has 0 aromatic carbocycles. The van der Waals surface area contributed by atoms with Crippen molar-refractivity contribution < 1.29 is 48.3 Å². The van der Waals surface area contributed by atoms with Crippen molar-refractivity contribution in [3.05, 3.63) is 0 Å². The molecule has 0 saturated carbocycles. The van der Waals surface area contributed by atoms with E-state index in [9.17, 15) is 48.3 Å². The molecule has 0 saturated heterocycles. The number of nitrogens with two attached hydrogens (primary N) is 1. The predicted molar refractivity (Wildman–Crippen MR) is 216 cm³/mol. The van der Waals surface area contributed by atoms with Gasteiger partial charge in [-0.3, -0.25) is 38.4 Å². The summed E-state index contributed by atoms with van der Waals surface area (Å²) < 4.78 is 0. The zero-order valence-corrected chi connectivity index (χ0v) is 36.0. The van der Waals surface area contributed by atoms with E-state index in [0.29, 0.717) is 6.42 Å². The Morgan fingerprint density at radius 1 is 0.491 bits per heavy atom. The second-order valence-corrected chi connectivity index (χ2v) is 16.3. The average Bonchev–Trinajstić information content (AvgIpc) is 3.10. The molecule has 19 nitrogen and oxygen atoms in total. The molecule has 0 fully saturated rings. The summed E-state index contributed by atoms with van der Waals surface area (Å²) in [6.45, 7) is 17.8. The van der Waals surface area contributed by atoms with E-state index in [2.05, 4.69) is 55.2 Å². The maximum absolute atomic E-state index is 13.3. The summed E-state index contributed by atoms with van der Waals surface area (Å²) in [7, 11) is 0. The van der Waals surface area contributed by atoms with Crippen LogP contribution in [-0.4, -0.2) is 119 Å². The number of carboxylic acid groups (broad SMARTS) is 1. The van der Waals surface area contributed by atoms with Crippen molar-refractivity contribution in [3.63, 3.8) is 0 Å². The molecule has 0 aliphatic rings. The third-order valence-corrected chi connectivity index (χ3v) is 9.00. The normalized spacial score (nSPS) is 15.1. The molecule has 8 amide bonds. The molecule has 0 heterocycles.